The normalized spacial score (nSPS) is 24.5. The first-order chi connectivity index (χ1) is 11.4. The highest BCUT2D eigenvalue weighted by atomic mass is 16.5. The molecule has 0 unspecified atom stereocenters. The van der Waals surface area contributed by atoms with Crippen LogP contribution in [0.3, 0.4) is 0 Å². The van der Waals surface area contributed by atoms with Crippen molar-refractivity contribution in [2.45, 2.75) is 38.1 Å². The second-order valence-electron chi connectivity index (χ2n) is 6.63. The van der Waals surface area contributed by atoms with Gasteiger partial charge in [-0.2, -0.15) is 5.10 Å². The number of nitrogens with zero attached hydrogens (tertiary/aromatic N) is 4. The third kappa shape index (κ3) is 3.55. The number of rotatable bonds is 6. The summed E-state index contributed by atoms with van der Waals surface area (Å²) in [6, 6.07) is 8.88. The summed E-state index contributed by atoms with van der Waals surface area (Å²) in [4.78, 5) is 6.65. The molecule has 0 N–H and O–H groups in total. The van der Waals surface area contributed by atoms with Gasteiger partial charge in [0.25, 0.3) is 0 Å². The van der Waals surface area contributed by atoms with Crippen molar-refractivity contribution in [2.24, 2.45) is 5.92 Å². The zero-order valence-electron chi connectivity index (χ0n) is 13.5. The molecule has 2 fully saturated rings. The van der Waals surface area contributed by atoms with E-state index in [0.717, 1.165) is 30.0 Å². The Kier molecular flexibility index (Phi) is 4.28. The Bertz CT molecular complexity index is 604. The summed E-state index contributed by atoms with van der Waals surface area (Å²) < 4.78 is 7.65. The minimum atomic E-state index is 0.817. The Morgan fingerprint density at radius 3 is 2.65 bits per heavy atom. The highest BCUT2D eigenvalue weighted by Crippen LogP contribution is 2.39. The monoisotopic (exact) mass is 312 g/mol. The molecule has 4 rings (SSSR count). The molecule has 0 spiro atoms. The second-order valence-corrected chi connectivity index (χ2v) is 6.63. The van der Waals surface area contributed by atoms with Crippen molar-refractivity contribution in [2.75, 3.05) is 19.7 Å². The number of piperidine rings is 1. The van der Waals surface area contributed by atoms with Crippen molar-refractivity contribution in [1.82, 2.24) is 19.7 Å². The highest BCUT2D eigenvalue weighted by molar-refractivity contribution is 5.36. The fourth-order valence-electron chi connectivity index (χ4n) is 3.60. The molecule has 5 nitrogen and oxygen atoms in total. The molecule has 2 heterocycles. The number of benzene rings is 1. The largest absolute Gasteiger partial charge is 0.494 e. The first kappa shape index (κ1) is 14.7. The average Bonchev–Trinajstić information content (AvgIpc) is 3.17. The Labute approximate surface area is 137 Å². The fourth-order valence-corrected chi connectivity index (χ4v) is 3.60. The van der Waals surface area contributed by atoms with E-state index in [1.807, 2.05) is 24.3 Å². The Morgan fingerprint density at radius 2 is 1.91 bits per heavy atom. The van der Waals surface area contributed by atoms with Gasteiger partial charge < -0.3 is 9.64 Å². The number of aromatic nitrogens is 3. The average molecular weight is 312 g/mol. The molecule has 1 aliphatic carbocycles. The molecule has 2 atom stereocenters. The maximum atomic E-state index is 5.90. The van der Waals surface area contributed by atoms with Crippen LogP contribution in [0.2, 0.25) is 0 Å². The van der Waals surface area contributed by atoms with Gasteiger partial charge in [-0.05, 0) is 69.0 Å². The van der Waals surface area contributed by atoms with Crippen molar-refractivity contribution in [3.63, 3.8) is 0 Å². The maximum absolute atomic E-state index is 5.90. The Hall–Kier alpha value is -1.88. The summed E-state index contributed by atoms with van der Waals surface area (Å²) in [5.41, 5.74) is 1.00. The van der Waals surface area contributed by atoms with Crippen LogP contribution in [0.15, 0.2) is 36.9 Å². The molecule has 5 heteroatoms. The molecular formula is C18H24N4O. The predicted molar refractivity (Wildman–Crippen MR) is 88.8 cm³/mol. The van der Waals surface area contributed by atoms with Crippen LogP contribution in [-0.4, -0.2) is 45.4 Å². The van der Waals surface area contributed by atoms with Crippen LogP contribution in [0.4, 0.5) is 0 Å². The zero-order chi connectivity index (χ0) is 15.5. The molecule has 2 aliphatic rings. The van der Waals surface area contributed by atoms with E-state index in [4.69, 9.17) is 4.74 Å². The van der Waals surface area contributed by atoms with Crippen LogP contribution in [0.25, 0.3) is 5.69 Å². The first-order valence-corrected chi connectivity index (χ1v) is 8.72. The van der Waals surface area contributed by atoms with Gasteiger partial charge in [0.15, 0.2) is 0 Å². The second kappa shape index (κ2) is 6.71. The SMILES string of the molecule is c1ncn(-c2ccc(OCC[C@H]3C[C@H]3N3CCCCC3)cc2)n1. The van der Waals surface area contributed by atoms with E-state index < -0.39 is 0 Å². The van der Waals surface area contributed by atoms with Gasteiger partial charge in [-0.1, -0.05) is 6.42 Å². The summed E-state index contributed by atoms with van der Waals surface area (Å²) >= 11 is 0. The van der Waals surface area contributed by atoms with E-state index >= 15 is 0 Å². The fraction of sp³-hybridized carbons (Fsp3) is 0.556. The van der Waals surface area contributed by atoms with E-state index in [-0.39, 0.29) is 0 Å². The van der Waals surface area contributed by atoms with E-state index in [1.54, 1.807) is 17.3 Å². The molecule has 0 bridgehead atoms. The summed E-state index contributed by atoms with van der Waals surface area (Å²) in [5.74, 6) is 1.78. The Morgan fingerprint density at radius 1 is 1.09 bits per heavy atom. The van der Waals surface area contributed by atoms with E-state index in [1.165, 1.54) is 45.2 Å². The van der Waals surface area contributed by atoms with Gasteiger partial charge in [-0.3, -0.25) is 0 Å². The molecule has 1 aromatic heterocycles. The number of hydrogen-bond donors (Lipinski definition) is 0. The lowest BCUT2D eigenvalue weighted by atomic mass is 10.1. The van der Waals surface area contributed by atoms with Crippen LogP contribution in [0, 0.1) is 5.92 Å². The highest BCUT2D eigenvalue weighted by Gasteiger charge is 2.41. The molecule has 23 heavy (non-hydrogen) atoms. The standard InChI is InChI=1S/C18H24N4O/c1-2-9-21(10-3-1)18-12-15(18)8-11-23-17-6-4-16(5-7-17)22-14-19-13-20-22/h4-7,13-15,18H,1-3,8-12H2/t15-,18+/m0/s1. The van der Waals surface area contributed by atoms with E-state index in [2.05, 4.69) is 15.0 Å². The first-order valence-electron chi connectivity index (χ1n) is 8.72. The van der Waals surface area contributed by atoms with Crippen LogP contribution in [-0.2, 0) is 0 Å². The molecule has 1 aromatic carbocycles. The quantitative estimate of drug-likeness (QED) is 0.822. The van der Waals surface area contributed by atoms with Crippen molar-refractivity contribution < 1.29 is 4.74 Å². The molecule has 1 saturated carbocycles. The zero-order valence-corrected chi connectivity index (χ0v) is 13.5. The van der Waals surface area contributed by atoms with Gasteiger partial charge in [0, 0.05) is 6.04 Å². The topological polar surface area (TPSA) is 43.2 Å². The van der Waals surface area contributed by atoms with Crippen LogP contribution in [0.1, 0.15) is 32.1 Å². The van der Waals surface area contributed by atoms with Crippen molar-refractivity contribution >= 4 is 0 Å². The van der Waals surface area contributed by atoms with Crippen molar-refractivity contribution in [3.8, 4) is 11.4 Å². The lowest BCUT2D eigenvalue weighted by Crippen LogP contribution is -2.32. The molecule has 1 aliphatic heterocycles. The smallest absolute Gasteiger partial charge is 0.138 e. The van der Waals surface area contributed by atoms with Crippen molar-refractivity contribution in [3.05, 3.63) is 36.9 Å². The van der Waals surface area contributed by atoms with Crippen molar-refractivity contribution in [1.29, 1.82) is 0 Å². The lowest BCUT2D eigenvalue weighted by molar-refractivity contribution is 0.203. The van der Waals surface area contributed by atoms with Gasteiger partial charge in [-0.25, -0.2) is 9.67 Å². The molecule has 122 valence electrons. The lowest BCUT2D eigenvalue weighted by Gasteiger charge is -2.26. The molecule has 2 aromatic rings. The summed E-state index contributed by atoms with van der Waals surface area (Å²) in [7, 11) is 0. The summed E-state index contributed by atoms with van der Waals surface area (Å²) in [5, 5.41) is 4.12. The van der Waals surface area contributed by atoms with Crippen LogP contribution in [0.5, 0.6) is 5.75 Å². The Balaban J connectivity index is 1.21. The maximum Gasteiger partial charge on any atom is 0.138 e. The van der Waals surface area contributed by atoms with Gasteiger partial charge in [0.2, 0.25) is 0 Å². The van der Waals surface area contributed by atoms with Gasteiger partial charge in [0.05, 0.1) is 12.3 Å². The van der Waals surface area contributed by atoms with E-state index in [9.17, 15) is 0 Å². The van der Waals surface area contributed by atoms with Gasteiger partial charge >= 0.3 is 0 Å². The predicted octanol–water partition coefficient (Wildman–Crippen LogP) is 2.91. The van der Waals surface area contributed by atoms with Crippen LogP contribution >= 0.6 is 0 Å². The molecule has 0 radical (unpaired) electrons. The number of hydrogen-bond acceptors (Lipinski definition) is 4. The number of ether oxygens (including phenoxy) is 1. The third-order valence-electron chi connectivity index (χ3n) is 5.02. The van der Waals surface area contributed by atoms with Gasteiger partial charge in [-0.15, -0.1) is 0 Å². The minimum Gasteiger partial charge on any atom is -0.494 e. The van der Waals surface area contributed by atoms with E-state index in [0.29, 0.717) is 0 Å². The third-order valence-corrected chi connectivity index (χ3v) is 5.02. The molecule has 0 amide bonds. The molecular weight excluding hydrogens is 288 g/mol. The summed E-state index contributed by atoms with van der Waals surface area (Å²) in [6.07, 6.45) is 9.97. The number of likely N-dealkylation sites (tertiary alicyclic amines) is 1. The van der Waals surface area contributed by atoms with Crippen LogP contribution < -0.4 is 4.74 Å². The molecule has 1 saturated heterocycles. The van der Waals surface area contributed by atoms with Gasteiger partial charge in [0.1, 0.15) is 18.4 Å². The minimum absolute atomic E-state index is 0.817. The summed E-state index contributed by atoms with van der Waals surface area (Å²) in [6.45, 7) is 3.44.